The van der Waals surface area contributed by atoms with E-state index < -0.39 is 0 Å². The molecule has 1 amide bonds. The lowest BCUT2D eigenvalue weighted by Gasteiger charge is -2.19. The van der Waals surface area contributed by atoms with Gasteiger partial charge in [0.15, 0.2) is 6.29 Å². The smallest absolute Gasteiger partial charge is 0.254 e. The molecule has 0 saturated heterocycles. The molecule has 0 aromatic heterocycles. The van der Waals surface area contributed by atoms with Crippen molar-refractivity contribution in [1.82, 2.24) is 9.80 Å². The number of hydrogen-bond acceptors (Lipinski definition) is 3. The Bertz CT molecular complexity index is 993. The average molecular weight is 430 g/mol. The van der Waals surface area contributed by atoms with E-state index in [1.807, 2.05) is 11.9 Å². The van der Waals surface area contributed by atoms with E-state index in [4.69, 9.17) is 23.2 Å². The summed E-state index contributed by atoms with van der Waals surface area (Å²) in [5, 5.41) is 0.878. The molecule has 0 fully saturated rings. The van der Waals surface area contributed by atoms with Crippen LogP contribution in [-0.2, 0) is 6.54 Å². The zero-order valence-electron chi connectivity index (χ0n) is 16.4. The summed E-state index contributed by atoms with van der Waals surface area (Å²) in [6.45, 7) is 0.818. The SMILES string of the molecule is CN=CN(C)CC#Cc1ccc(C=O)c(C(=O)N(C)Cc2ccc(Cl)c(Cl)c2)c1. The molecule has 2 rings (SSSR count). The van der Waals surface area contributed by atoms with E-state index in [9.17, 15) is 9.59 Å². The monoisotopic (exact) mass is 429 g/mol. The van der Waals surface area contributed by atoms with Crippen LogP contribution in [0.15, 0.2) is 41.4 Å². The van der Waals surface area contributed by atoms with Crippen LogP contribution >= 0.6 is 23.2 Å². The molecular formula is C22H21Cl2N3O2. The summed E-state index contributed by atoms with van der Waals surface area (Å²) in [6.07, 6.45) is 2.35. The van der Waals surface area contributed by atoms with Crippen LogP contribution in [0.5, 0.6) is 0 Å². The van der Waals surface area contributed by atoms with E-state index >= 15 is 0 Å². The van der Waals surface area contributed by atoms with Gasteiger partial charge in [-0.1, -0.05) is 41.1 Å². The van der Waals surface area contributed by atoms with Gasteiger partial charge in [-0.05, 0) is 35.9 Å². The zero-order valence-corrected chi connectivity index (χ0v) is 18.0. The highest BCUT2D eigenvalue weighted by atomic mass is 35.5. The summed E-state index contributed by atoms with van der Waals surface area (Å²) in [4.78, 5) is 31.6. The van der Waals surface area contributed by atoms with Gasteiger partial charge in [-0.25, -0.2) is 0 Å². The number of amides is 1. The Hall–Kier alpha value is -2.81. The van der Waals surface area contributed by atoms with Crippen molar-refractivity contribution in [2.75, 3.05) is 27.7 Å². The summed E-state index contributed by atoms with van der Waals surface area (Å²) >= 11 is 12.0. The Labute approximate surface area is 180 Å². The van der Waals surface area contributed by atoms with E-state index in [2.05, 4.69) is 16.8 Å². The first-order valence-electron chi connectivity index (χ1n) is 8.75. The molecule has 0 spiro atoms. The maximum atomic E-state index is 12.9. The fraction of sp³-hybridized carbons (Fsp3) is 0.227. The maximum Gasteiger partial charge on any atom is 0.254 e. The van der Waals surface area contributed by atoms with Crippen molar-refractivity contribution < 1.29 is 9.59 Å². The van der Waals surface area contributed by atoms with Gasteiger partial charge in [0.2, 0.25) is 0 Å². The standard InChI is InChI=1S/C22H21Cl2N3O2/c1-25-15-26(2)10-4-5-16-6-8-18(14-28)19(11-16)22(29)27(3)13-17-7-9-20(23)21(24)12-17/h6-9,11-12,14-15H,10,13H2,1-3H3. The fourth-order valence-corrected chi connectivity index (χ4v) is 2.94. The second-order valence-electron chi connectivity index (χ2n) is 6.42. The van der Waals surface area contributed by atoms with Gasteiger partial charge < -0.3 is 9.80 Å². The van der Waals surface area contributed by atoms with E-state index in [0.29, 0.717) is 46.1 Å². The van der Waals surface area contributed by atoms with Crippen molar-refractivity contribution in [3.63, 3.8) is 0 Å². The molecule has 0 saturated carbocycles. The number of carbonyl (C=O) groups is 2. The predicted molar refractivity (Wildman–Crippen MR) is 118 cm³/mol. The van der Waals surface area contributed by atoms with E-state index in [-0.39, 0.29) is 5.91 Å². The summed E-state index contributed by atoms with van der Waals surface area (Å²) in [7, 11) is 5.22. The molecule has 2 aromatic carbocycles. The third kappa shape index (κ3) is 6.35. The number of aliphatic imine (C=N–C) groups is 1. The number of rotatable bonds is 6. The number of hydrogen-bond donors (Lipinski definition) is 0. The second kappa shape index (κ2) is 10.7. The molecule has 0 unspecified atom stereocenters. The van der Waals surface area contributed by atoms with Crippen molar-refractivity contribution in [1.29, 1.82) is 0 Å². The molecule has 0 radical (unpaired) electrons. The molecular weight excluding hydrogens is 409 g/mol. The minimum atomic E-state index is -0.281. The Morgan fingerprint density at radius 1 is 1.14 bits per heavy atom. The molecule has 29 heavy (non-hydrogen) atoms. The van der Waals surface area contributed by atoms with Gasteiger partial charge in [0.1, 0.15) is 0 Å². The number of nitrogens with zero attached hydrogens (tertiary/aromatic N) is 3. The minimum Gasteiger partial charge on any atom is -0.355 e. The number of carbonyl (C=O) groups excluding carboxylic acids is 2. The van der Waals surface area contributed by atoms with Gasteiger partial charge in [0, 0.05) is 38.8 Å². The van der Waals surface area contributed by atoms with Gasteiger partial charge in [-0.3, -0.25) is 14.6 Å². The number of benzene rings is 2. The largest absolute Gasteiger partial charge is 0.355 e. The van der Waals surface area contributed by atoms with Crippen LogP contribution in [0.4, 0.5) is 0 Å². The molecule has 5 nitrogen and oxygen atoms in total. The van der Waals surface area contributed by atoms with Gasteiger partial charge in [0.05, 0.1) is 28.5 Å². The van der Waals surface area contributed by atoms with Crippen LogP contribution in [0, 0.1) is 11.8 Å². The van der Waals surface area contributed by atoms with Gasteiger partial charge in [0.25, 0.3) is 5.91 Å². The average Bonchev–Trinajstić information content (AvgIpc) is 2.70. The topological polar surface area (TPSA) is 53.0 Å². The van der Waals surface area contributed by atoms with Gasteiger partial charge >= 0.3 is 0 Å². The minimum absolute atomic E-state index is 0.281. The Kier molecular flexibility index (Phi) is 8.26. The van der Waals surface area contributed by atoms with Crippen molar-refractivity contribution in [2.24, 2.45) is 4.99 Å². The van der Waals surface area contributed by atoms with Crippen LogP contribution in [0.3, 0.4) is 0 Å². The van der Waals surface area contributed by atoms with Crippen molar-refractivity contribution in [2.45, 2.75) is 6.54 Å². The van der Waals surface area contributed by atoms with Crippen molar-refractivity contribution in [3.8, 4) is 11.8 Å². The molecule has 0 atom stereocenters. The number of aldehydes is 1. The Morgan fingerprint density at radius 2 is 1.90 bits per heavy atom. The van der Waals surface area contributed by atoms with Gasteiger partial charge in [-0.15, -0.1) is 0 Å². The van der Waals surface area contributed by atoms with E-state index in [1.54, 1.807) is 56.8 Å². The summed E-state index contributed by atoms with van der Waals surface area (Å²) in [5.41, 5.74) is 2.11. The molecule has 0 heterocycles. The van der Waals surface area contributed by atoms with Crippen LogP contribution in [0.2, 0.25) is 10.0 Å². The van der Waals surface area contributed by atoms with Crippen LogP contribution in [0.25, 0.3) is 0 Å². The van der Waals surface area contributed by atoms with Crippen LogP contribution in [-0.4, -0.2) is 56.0 Å². The van der Waals surface area contributed by atoms with Crippen LogP contribution in [0.1, 0.15) is 31.8 Å². The van der Waals surface area contributed by atoms with Crippen LogP contribution < -0.4 is 0 Å². The molecule has 0 aliphatic carbocycles. The van der Waals surface area contributed by atoms with Gasteiger partial charge in [-0.2, -0.15) is 0 Å². The summed E-state index contributed by atoms with van der Waals surface area (Å²) in [5.74, 6) is 5.74. The summed E-state index contributed by atoms with van der Waals surface area (Å²) in [6, 6.07) is 10.2. The Morgan fingerprint density at radius 3 is 2.55 bits per heavy atom. The van der Waals surface area contributed by atoms with E-state index in [1.165, 1.54) is 4.90 Å². The molecule has 7 heteroatoms. The quantitative estimate of drug-likeness (QED) is 0.301. The molecule has 2 aromatic rings. The lowest BCUT2D eigenvalue weighted by atomic mass is 10.0. The molecule has 0 bridgehead atoms. The highest BCUT2D eigenvalue weighted by Crippen LogP contribution is 2.23. The van der Waals surface area contributed by atoms with Crippen molar-refractivity contribution in [3.05, 3.63) is 68.7 Å². The molecule has 0 N–H and O–H groups in total. The molecule has 0 aliphatic heterocycles. The Balaban J connectivity index is 2.22. The first kappa shape index (κ1) is 22.5. The second-order valence-corrected chi connectivity index (χ2v) is 7.23. The van der Waals surface area contributed by atoms with Crippen molar-refractivity contribution >= 4 is 41.7 Å². The highest BCUT2D eigenvalue weighted by Gasteiger charge is 2.17. The third-order valence-electron chi connectivity index (χ3n) is 4.03. The predicted octanol–water partition coefficient (Wildman–Crippen LogP) is 4.02. The maximum absolute atomic E-state index is 12.9. The first-order valence-corrected chi connectivity index (χ1v) is 9.51. The molecule has 0 aliphatic rings. The first-order chi connectivity index (χ1) is 13.8. The fourth-order valence-electron chi connectivity index (χ4n) is 2.62. The molecule has 150 valence electrons. The normalized spacial score (nSPS) is 10.4. The zero-order chi connectivity index (χ0) is 21.4. The highest BCUT2D eigenvalue weighted by molar-refractivity contribution is 6.42. The lowest BCUT2D eigenvalue weighted by Crippen LogP contribution is -2.27. The lowest BCUT2D eigenvalue weighted by molar-refractivity contribution is 0.0782. The third-order valence-corrected chi connectivity index (χ3v) is 4.77. The summed E-state index contributed by atoms with van der Waals surface area (Å²) < 4.78 is 0. The number of halogens is 2. The van der Waals surface area contributed by atoms with E-state index in [0.717, 1.165) is 5.56 Å².